The number of rotatable bonds is 4. The Hall–Kier alpha value is -2.29. The first kappa shape index (κ1) is 18.5. The van der Waals surface area contributed by atoms with E-state index in [0.717, 1.165) is 15.2 Å². The zero-order valence-electron chi connectivity index (χ0n) is 14.7. The van der Waals surface area contributed by atoms with E-state index in [2.05, 4.69) is 4.98 Å². The molecule has 0 fully saturated rings. The van der Waals surface area contributed by atoms with E-state index in [-0.39, 0.29) is 10.8 Å². The molecule has 0 saturated carbocycles. The van der Waals surface area contributed by atoms with Crippen molar-refractivity contribution in [2.75, 3.05) is 7.05 Å². The number of aromatic nitrogens is 1. The fraction of sp³-hybridized carbons (Fsp3) is 0.222. The standard InChI is InChI=1S/C18H19N3O3S2/c1-11-8-13(9-16(12(11)2)26(19,23)24)18(22)21(3)10-17-20-14-6-4-5-7-15(14)25-17/h4-9H,10H2,1-3H3,(H2,19,23,24). The lowest BCUT2D eigenvalue weighted by Crippen LogP contribution is -2.27. The number of hydrogen-bond acceptors (Lipinski definition) is 5. The van der Waals surface area contributed by atoms with Crippen LogP contribution in [0.3, 0.4) is 0 Å². The Morgan fingerprint density at radius 2 is 1.92 bits per heavy atom. The van der Waals surface area contributed by atoms with Crippen molar-refractivity contribution in [2.24, 2.45) is 5.14 Å². The topological polar surface area (TPSA) is 93.4 Å². The number of benzene rings is 2. The second kappa shape index (κ2) is 6.79. The third kappa shape index (κ3) is 3.62. The predicted molar refractivity (Wildman–Crippen MR) is 103 cm³/mol. The molecule has 2 aromatic carbocycles. The molecule has 3 aromatic rings. The summed E-state index contributed by atoms with van der Waals surface area (Å²) >= 11 is 1.53. The number of primary sulfonamides is 1. The van der Waals surface area contributed by atoms with Gasteiger partial charge in [-0.1, -0.05) is 12.1 Å². The van der Waals surface area contributed by atoms with Crippen LogP contribution in [0.4, 0.5) is 0 Å². The Morgan fingerprint density at radius 1 is 1.23 bits per heavy atom. The molecule has 0 bridgehead atoms. The first-order valence-electron chi connectivity index (χ1n) is 7.91. The third-order valence-corrected chi connectivity index (χ3v) is 6.29. The van der Waals surface area contributed by atoms with E-state index < -0.39 is 10.0 Å². The van der Waals surface area contributed by atoms with Crippen LogP contribution < -0.4 is 5.14 Å². The number of aryl methyl sites for hydroxylation is 1. The predicted octanol–water partition coefficient (Wildman–Crippen LogP) is 2.83. The number of nitrogens with zero attached hydrogens (tertiary/aromatic N) is 2. The summed E-state index contributed by atoms with van der Waals surface area (Å²) in [5, 5.41) is 6.09. The van der Waals surface area contributed by atoms with Crippen molar-refractivity contribution in [3.63, 3.8) is 0 Å². The summed E-state index contributed by atoms with van der Waals surface area (Å²) in [4.78, 5) is 18.8. The molecule has 0 radical (unpaired) electrons. The maximum Gasteiger partial charge on any atom is 0.254 e. The minimum atomic E-state index is -3.89. The van der Waals surface area contributed by atoms with Crippen LogP contribution in [0.5, 0.6) is 0 Å². The summed E-state index contributed by atoms with van der Waals surface area (Å²) in [5.74, 6) is -0.280. The van der Waals surface area contributed by atoms with Gasteiger partial charge in [0.15, 0.2) is 0 Å². The maximum absolute atomic E-state index is 12.8. The molecule has 8 heteroatoms. The van der Waals surface area contributed by atoms with Crippen molar-refractivity contribution in [3.05, 3.63) is 58.1 Å². The number of carbonyl (C=O) groups excluding carboxylic acids is 1. The molecule has 3 rings (SSSR count). The van der Waals surface area contributed by atoms with Gasteiger partial charge in [0, 0.05) is 12.6 Å². The van der Waals surface area contributed by atoms with Crippen molar-refractivity contribution >= 4 is 37.5 Å². The molecule has 1 heterocycles. The van der Waals surface area contributed by atoms with Gasteiger partial charge in [0.25, 0.3) is 5.91 Å². The third-order valence-electron chi connectivity index (χ3n) is 4.23. The molecule has 136 valence electrons. The van der Waals surface area contributed by atoms with E-state index in [1.54, 1.807) is 27.0 Å². The largest absolute Gasteiger partial charge is 0.335 e. The Kier molecular flexibility index (Phi) is 4.83. The zero-order chi connectivity index (χ0) is 19.1. The Morgan fingerprint density at radius 3 is 2.58 bits per heavy atom. The fourth-order valence-corrected chi connectivity index (χ4v) is 4.63. The maximum atomic E-state index is 12.8. The van der Waals surface area contributed by atoms with E-state index in [1.165, 1.54) is 22.3 Å². The first-order valence-corrected chi connectivity index (χ1v) is 10.3. The highest BCUT2D eigenvalue weighted by atomic mass is 32.2. The number of nitrogens with two attached hydrogens (primary N) is 1. The highest BCUT2D eigenvalue weighted by molar-refractivity contribution is 7.89. The van der Waals surface area contributed by atoms with Gasteiger partial charge in [-0.3, -0.25) is 4.79 Å². The number of thiazole rings is 1. The number of sulfonamides is 1. The summed E-state index contributed by atoms with van der Waals surface area (Å²) < 4.78 is 24.6. The van der Waals surface area contributed by atoms with E-state index in [4.69, 9.17) is 5.14 Å². The minimum Gasteiger partial charge on any atom is -0.335 e. The van der Waals surface area contributed by atoms with Crippen LogP contribution in [0.2, 0.25) is 0 Å². The van der Waals surface area contributed by atoms with Crippen LogP contribution in [-0.2, 0) is 16.6 Å². The molecule has 0 unspecified atom stereocenters. The first-order chi connectivity index (χ1) is 12.2. The number of fused-ring (bicyclic) bond motifs is 1. The average molecular weight is 390 g/mol. The van der Waals surface area contributed by atoms with Gasteiger partial charge in [-0.05, 0) is 49.2 Å². The molecule has 6 nitrogen and oxygen atoms in total. The van der Waals surface area contributed by atoms with Gasteiger partial charge < -0.3 is 4.90 Å². The van der Waals surface area contributed by atoms with Crippen molar-refractivity contribution in [2.45, 2.75) is 25.3 Å². The second-order valence-electron chi connectivity index (χ2n) is 6.20. The number of carbonyl (C=O) groups is 1. The fourth-order valence-electron chi connectivity index (χ4n) is 2.73. The zero-order valence-corrected chi connectivity index (χ0v) is 16.3. The molecule has 0 spiro atoms. The molecule has 2 N–H and O–H groups in total. The molecule has 1 amide bonds. The van der Waals surface area contributed by atoms with Gasteiger partial charge in [0.05, 0.1) is 21.7 Å². The van der Waals surface area contributed by atoms with E-state index in [9.17, 15) is 13.2 Å². The van der Waals surface area contributed by atoms with Crippen LogP contribution in [0, 0.1) is 13.8 Å². The van der Waals surface area contributed by atoms with Crippen molar-refractivity contribution in [1.82, 2.24) is 9.88 Å². The highest BCUT2D eigenvalue weighted by Crippen LogP contribution is 2.24. The van der Waals surface area contributed by atoms with Gasteiger partial charge >= 0.3 is 0 Å². The lowest BCUT2D eigenvalue weighted by Gasteiger charge is -2.17. The van der Waals surface area contributed by atoms with Crippen molar-refractivity contribution in [3.8, 4) is 0 Å². The highest BCUT2D eigenvalue weighted by Gasteiger charge is 2.20. The molecule has 0 aliphatic carbocycles. The summed E-state index contributed by atoms with van der Waals surface area (Å²) in [7, 11) is -2.23. The number of hydrogen-bond donors (Lipinski definition) is 1. The SMILES string of the molecule is Cc1cc(C(=O)N(C)Cc2nc3ccccc3s2)cc(S(N)(=O)=O)c1C. The van der Waals surface area contributed by atoms with E-state index in [0.29, 0.717) is 23.2 Å². The summed E-state index contributed by atoms with van der Waals surface area (Å²) in [6, 6.07) is 10.8. The average Bonchev–Trinajstić information content (AvgIpc) is 2.97. The molecule has 0 aliphatic heterocycles. The summed E-state index contributed by atoms with van der Waals surface area (Å²) in [5.41, 5.74) is 2.45. The Bertz CT molecular complexity index is 1070. The van der Waals surface area contributed by atoms with Crippen LogP contribution in [0.15, 0.2) is 41.3 Å². The molecular weight excluding hydrogens is 370 g/mol. The summed E-state index contributed by atoms with van der Waals surface area (Å²) in [6.07, 6.45) is 0. The molecule has 0 atom stereocenters. The molecular formula is C18H19N3O3S2. The van der Waals surface area contributed by atoms with Gasteiger partial charge in [-0.15, -0.1) is 11.3 Å². The molecule has 26 heavy (non-hydrogen) atoms. The van der Waals surface area contributed by atoms with Gasteiger partial charge in [-0.25, -0.2) is 18.5 Å². The molecule has 0 saturated heterocycles. The quantitative estimate of drug-likeness (QED) is 0.742. The van der Waals surface area contributed by atoms with E-state index >= 15 is 0 Å². The monoisotopic (exact) mass is 389 g/mol. The minimum absolute atomic E-state index is 0.0192. The van der Waals surface area contributed by atoms with Crippen molar-refractivity contribution in [1.29, 1.82) is 0 Å². The van der Waals surface area contributed by atoms with E-state index in [1.807, 2.05) is 24.3 Å². The van der Waals surface area contributed by atoms with Crippen LogP contribution in [0.25, 0.3) is 10.2 Å². The summed E-state index contributed by atoms with van der Waals surface area (Å²) in [6.45, 7) is 3.78. The lowest BCUT2D eigenvalue weighted by molar-refractivity contribution is 0.0784. The van der Waals surface area contributed by atoms with Crippen LogP contribution in [-0.4, -0.2) is 31.3 Å². The van der Waals surface area contributed by atoms with Gasteiger partial charge in [0.2, 0.25) is 10.0 Å². The Labute approximate surface area is 156 Å². The smallest absolute Gasteiger partial charge is 0.254 e. The molecule has 0 aliphatic rings. The van der Waals surface area contributed by atoms with Crippen molar-refractivity contribution < 1.29 is 13.2 Å². The lowest BCUT2D eigenvalue weighted by atomic mass is 10.1. The van der Waals surface area contributed by atoms with Gasteiger partial charge in [-0.2, -0.15) is 0 Å². The van der Waals surface area contributed by atoms with Gasteiger partial charge in [0.1, 0.15) is 5.01 Å². The molecule has 1 aromatic heterocycles. The van der Waals surface area contributed by atoms with Crippen LogP contribution >= 0.6 is 11.3 Å². The normalized spacial score (nSPS) is 11.7. The number of amides is 1. The Balaban J connectivity index is 1.89. The van der Waals surface area contributed by atoms with Crippen LogP contribution in [0.1, 0.15) is 26.5 Å². The number of para-hydroxylation sites is 1. The second-order valence-corrected chi connectivity index (χ2v) is 8.84.